The van der Waals surface area contributed by atoms with Crippen LogP contribution in [0.1, 0.15) is 37.8 Å². The minimum atomic E-state index is 0.315. The first-order valence-electron chi connectivity index (χ1n) is 8.07. The maximum Gasteiger partial charge on any atom is 0.0720 e. The van der Waals surface area contributed by atoms with Crippen LogP contribution in [0.15, 0.2) is 60.7 Å². The summed E-state index contributed by atoms with van der Waals surface area (Å²) in [4.78, 5) is 2.49. The van der Waals surface area contributed by atoms with Crippen LogP contribution >= 0.6 is 0 Å². The molecule has 0 fully saturated rings. The molecule has 0 N–H and O–H groups in total. The fraction of sp³-hybridized carbons (Fsp3) is 0.333. The van der Waals surface area contributed by atoms with Crippen LogP contribution < -0.4 is 0 Å². The third-order valence-electron chi connectivity index (χ3n) is 3.77. The third kappa shape index (κ3) is 5.06. The lowest BCUT2D eigenvalue weighted by Gasteiger charge is -2.28. The molecule has 2 rings (SSSR count). The smallest absolute Gasteiger partial charge is 0.0720 e. The van der Waals surface area contributed by atoms with Crippen molar-refractivity contribution in [2.24, 2.45) is 0 Å². The predicted octanol–water partition coefficient (Wildman–Crippen LogP) is 4.88. The summed E-state index contributed by atoms with van der Waals surface area (Å²) >= 11 is 0. The third-order valence-corrected chi connectivity index (χ3v) is 3.77. The summed E-state index contributed by atoms with van der Waals surface area (Å²) in [6.45, 7) is 6.05. The highest BCUT2D eigenvalue weighted by Crippen LogP contribution is 2.16. The van der Waals surface area contributed by atoms with Gasteiger partial charge < -0.3 is 0 Å². The van der Waals surface area contributed by atoms with Crippen molar-refractivity contribution >= 4 is 0 Å². The summed E-state index contributed by atoms with van der Waals surface area (Å²) in [5, 5.41) is 0. The standard InChI is InChI=1S/C21H25N/c1-3-11-21(12-4-2)22(17-19-13-7-5-8-14-19)18-20-15-9-6-10-16-20/h5-10,13-16,21H,3,11,17-18H2,1-2H3/t21-/m1/s1. The maximum absolute atomic E-state index is 3.40. The van der Waals surface area contributed by atoms with E-state index in [2.05, 4.69) is 84.3 Å². The predicted molar refractivity (Wildman–Crippen MR) is 94.3 cm³/mol. The Bertz CT molecular complexity index is 551. The highest BCUT2D eigenvalue weighted by molar-refractivity contribution is 5.19. The van der Waals surface area contributed by atoms with E-state index in [0.717, 1.165) is 25.9 Å². The van der Waals surface area contributed by atoms with Crippen LogP contribution in [0.4, 0.5) is 0 Å². The van der Waals surface area contributed by atoms with Crippen LogP contribution in [0, 0.1) is 11.8 Å². The normalized spacial score (nSPS) is 11.8. The molecule has 2 aromatic rings. The Kier molecular flexibility index (Phi) is 6.74. The van der Waals surface area contributed by atoms with Gasteiger partial charge in [-0.3, -0.25) is 4.90 Å². The van der Waals surface area contributed by atoms with E-state index >= 15 is 0 Å². The van der Waals surface area contributed by atoms with Crippen LogP contribution in [0.25, 0.3) is 0 Å². The first-order chi connectivity index (χ1) is 10.8. The quantitative estimate of drug-likeness (QED) is 0.657. The van der Waals surface area contributed by atoms with E-state index in [1.54, 1.807) is 0 Å². The van der Waals surface area contributed by atoms with Crippen LogP contribution in [0.2, 0.25) is 0 Å². The lowest BCUT2D eigenvalue weighted by atomic mass is 10.1. The van der Waals surface area contributed by atoms with E-state index in [1.165, 1.54) is 11.1 Å². The lowest BCUT2D eigenvalue weighted by molar-refractivity contribution is 0.207. The van der Waals surface area contributed by atoms with Crippen LogP contribution in [-0.2, 0) is 13.1 Å². The second-order valence-corrected chi connectivity index (χ2v) is 5.57. The second-order valence-electron chi connectivity index (χ2n) is 5.57. The van der Waals surface area contributed by atoms with Crippen molar-refractivity contribution in [3.63, 3.8) is 0 Å². The molecule has 1 heteroatoms. The fourth-order valence-electron chi connectivity index (χ4n) is 2.70. The topological polar surface area (TPSA) is 3.24 Å². The number of hydrogen-bond donors (Lipinski definition) is 0. The van der Waals surface area contributed by atoms with Gasteiger partial charge in [0.15, 0.2) is 0 Å². The van der Waals surface area contributed by atoms with Crippen molar-refractivity contribution < 1.29 is 0 Å². The van der Waals surface area contributed by atoms with Crippen LogP contribution in [0.3, 0.4) is 0 Å². The zero-order chi connectivity index (χ0) is 15.6. The maximum atomic E-state index is 3.40. The molecule has 1 nitrogen and oxygen atoms in total. The molecule has 2 aromatic carbocycles. The Balaban J connectivity index is 2.20. The highest BCUT2D eigenvalue weighted by Gasteiger charge is 2.16. The fourth-order valence-corrected chi connectivity index (χ4v) is 2.70. The molecule has 0 unspecified atom stereocenters. The van der Waals surface area contributed by atoms with Gasteiger partial charge in [0.25, 0.3) is 0 Å². The molecule has 0 aromatic heterocycles. The molecule has 22 heavy (non-hydrogen) atoms. The molecule has 0 amide bonds. The second kappa shape index (κ2) is 9.07. The molecule has 0 heterocycles. The van der Waals surface area contributed by atoms with E-state index in [4.69, 9.17) is 0 Å². The minimum absolute atomic E-state index is 0.315. The Hall–Kier alpha value is -2.04. The van der Waals surface area contributed by atoms with Gasteiger partial charge in [-0.25, -0.2) is 0 Å². The molecule has 0 saturated carbocycles. The summed E-state index contributed by atoms with van der Waals surface area (Å²) in [5.74, 6) is 6.51. The van der Waals surface area contributed by atoms with Crippen LogP contribution in [0.5, 0.6) is 0 Å². The van der Waals surface area contributed by atoms with E-state index < -0.39 is 0 Å². The first-order valence-corrected chi connectivity index (χ1v) is 8.07. The summed E-state index contributed by atoms with van der Waals surface area (Å²) in [6, 6.07) is 21.7. The summed E-state index contributed by atoms with van der Waals surface area (Å²) in [6.07, 6.45) is 2.26. The van der Waals surface area contributed by atoms with Gasteiger partial charge in [0.1, 0.15) is 0 Å². The van der Waals surface area contributed by atoms with E-state index in [0.29, 0.717) is 6.04 Å². The molecule has 0 aliphatic heterocycles. The van der Waals surface area contributed by atoms with Crippen molar-refractivity contribution in [2.45, 2.75) is 45.8 Å². The average molecular weight is 291 g/mol. The van der Waals surface area contributed by atoms with Gasteiger partial charge in [-0.1, -0.05) is 79.9 Å². The van der Waals surface area contributed by atoms with Gasteiger partial charge in [-0.2, -0.15) is 0 Å². The molecular weight excluding hydrogens is 266 g/mol. The largest absolute Gasteiger partial charge is 0.281 e. The van der Waals surface area contributed by atoms with Crippen molar-refractivity contribution in [3.05, 3.63) is 71.8 Å². The minimum Gasteiger partial charge on any atom is -0.281 e. The van der Waals surface area contributed by atoms with Gasteiger partial charge in [-0.15, -0.1) is 5.92 Å². The SMILES string of the molecule is CC#C[C@@H](CCC)N(Cc1ccccc1)Cc1ccccc1. The number of hydrogen-bond acceptors (Lipinski definition) is 1. The summed E-state index contributed by atoms with van der Waals surface area (Å²) < 4.78 is 0. The van der Waals surface area contributed by atoms with E-state index in [9.17, 15) is 0 Å². The van der Waals surface area contributed by atoms with Gasteiger partial charge in [0, 0.05) is 13.1 Å². The van der Waals surface area contributed by atoms with Crippen molar-refractivity contribution in [3.8, 4) is 11.8 Å². The molecule has 1 atom stereocenters. The first kappa shape index (κ1) is 16.3. The van der Waals surface area contributed by atoms with E-state index in [-0.39, 0.29) is 0 Å². The Morgan fingerprint density at radius 3 is 1.77 bits per heavy atom. The van der Waals surface area contributed by atoms with Gasteiger partial charge in [-0.05, 0) is 24.5 Å². The summed E-state index contributed by atoms with van der Waals surface area (Å²) in [7, 11) is 0. The van der Waals surface area contributed by atoms with Gasteiger partial charge >= 0.3 is 0 Å². The molecule has 0 aliphatic carbocycles. The zero-order valence-electron chi connectivity index (χ0n) is 13.6. The lowest BCUT2D eigenvalue weighted by Crippen LogP contribution is -2.33. The Morgan fingerprint density at radius 1 is 0.864 bits per heavy atom. The number of nitrogens with zero attached hydrogens (tertiary/aromatic N) is 1. The highest BCUT2D eigenvalue weighted by atomic mass is 15.1. The molecular formula is C21H25N. The molecule has 0 radical (unpaired) electrons. The van der Waals surface area contributed by atoms with E-state index in [1.807, 2.05) is 6.92 Å². The molecule has 0 saturated heterocycles. The monoisotopic (exact) mass is 291 g/mol. The molecule has 114 valence electrons. The Labute approximate surface area is 135 Å². The number of rotatable bonds is 7. The summed E-state index contributed by atoms with van der Waals surface area (Å²) in [5.41, 5.74) is 2.69. The average Bonchev–Trinajstić information content (AvgIpc) is 2.56. The number of benzene rings is 2. The zero-order valence-corrected chi connectivity index (χ0v) is 13.6. The van der Waals surface area contributed by atoms with Crippen LogP contribution in [-0.4, -0.2) is 10.9 Å². The molecule has 0 bridgehead atoms. The van der Waals surface area contributed by atoms with Crippen molar-refractivity contribution in [1.82, 2.24) is 4.90 Å². The molecule has 0 aliphatic rings. The van der Waals surface area contributed by atoms with Gasteiger partial charge in [0.05, 0.1) is 6.04 Å². The Morgan fingerprint density at radius 2 is 1.36 bits per heavy atom. The van der Waals surface area contributed by atoms with Crippen molar-refractivity contribution in [1.29, 1.82) is 0 Å². The van der Waals surface area contributed by atoms with Crippen molar-refractivity contribution in [2.75, 3.05) is 0 Å². The van der Waals surface area contributed by atoms with Gasteiger partial charge in [0.2, 0.25) is 0 Å². The molecule has 0 spiro atoms.